The Labute approximate surface area is 340 Å². The second-order valence-corrected chi connectivity index (χ2v) is 38.4. The van der Waals surface area contributed by atoms with Crippen LogP contribution in [0.5, 0.6) is 11.5 Å². The van der Waals surface area contributed by atoms with Gasteiger partial charge in [-0.05, 0) is 0 Å². The van der Waals surface area contributed by atoms with Crippen LogP contribution in [0.3, 0.4) is 0 Å². The average Bonchev–Trinajstić information content (AvgIpc) is 3.15. The van der Waals surface area contributed by atoms with Gasteiger partial charge in [0.15, 0.2) is 0 Å². The van der Waals surface area contributed by atoms with Gasteiger partial charge >= 0.3 is 343 Å². The Morgan fingerprint density at radius 1 is 0.358 bits per heavy atom. The fourth-order valence-corrected chi connectivity index (χ4v) is 48.7. The monoisotopic (exact) mass is 950 g/mol. The maximum absolute atomic E-state index is 8.31. The molecular formula is C48H86O3Sn2. The van der Waals surface area contributed by atoms with Gasteiger partial charge in [-0.3, -0.25) is 0 Å². The van der Waals surface area contributed by atoms with Crippen LogP contribution in [0.2, 0.25) is 17.7 Å². The predicted octanol–water partition coefficient (Wildman–Crippen LogP) is 16.7. The molecule has 3 nitrogen and oxygen atoms in total. The van der Waals surface area contributed by atoms with E-state index in [9.17, 15) is 0 Å². The molecule has 5 heteroatoms. The van der Waals surface area contributed by atoms with E-state index in [0.717, 1.165) is 29.2 Å². The number of hydrogen-bond donors (Lipinski definition) is 0. The summed E-state index contributed by atoms with van der Waals surface area (Å²) in [6.45, 7) is 18.3. The van der Waals surface area contributed by atoms with Gasteiger partial charge < -0.3 is 0 Å². The molecule has 0 spiro atoms. The van der Waals surface area contributed by atoms with Crippen molar-refractivity contribution in [2.75, 3.05) is 0 Å². The van der Waals surface area contributed by atoms with Gasteiger partial charge in [-0.1, -0.05) is 0 Å². The van der Waals surface area contributed by atoms with Crippen molar-refractivity contribution in [2.45, 2.75) is 227 Å². The quantitative estimate of drug-likeness (QED) is 0.0517. The molecule has 0 saturated heterocycles. The summed E-state index contributed by atoms with van der Waals surface area (Å²) in [6, 6.07) is 13.4. The third-order valence-electron chi connectivity index (χ3n) is 11.7. The van der Waals surface area contributed by atoms with E-state index in [1.165, 1.54) is 176 Å². The van der Waals surface area contributed by atoms with Crippen molar-refractivity contribution in [3.8, 4) is 11.5 Å². The van der Waals surface area contributed by atoms with E-state index in [1.54, 1.807) is 0 Å². The van der Waals surface area contributed by atoms with Gasteiger partial charge in [-0.2, -0.15) is 0 Å². The fourth-order valence-electron chi connectivity index (χ4n) is 7.81. The van der Waals surface area contributed by atoms with Crippen LogP contribution in [0, 0.1) is 27.7 Å². The van der Waals surface area contributed by atoms with Crippen molar-refractivity contribution in [3.05, 3.63) is 58.7 Å². The molecule has 0 aliphatic heterocycles. The maximum atomic E-state index is 8.31. The topological polar surface area (TPSA) is 27.7 Å². The summed E-state index contributed by atoms with van der Waals surface area (Å²) >= 11 is -7.62. The van der Waals surface area contributed by atoms with Gasteiger partial charge in [0, 0.05) is 0 Å². The van der Waals surface area contributed by atoms with Crippen LogP contribution in [0.1, 0.15) is 204 Å². The number of hydrogen-bond acceptors (Lipinski definition) is 3. The molecule has 0 unspecified atom stereocenters. The van der Waals surface area contributed by atoms with E-state index >= 15 is 0 Å². The first-order valence-electron chi connectivity index (χ1n) is 23.0. The molecule has 0 aromatic heterocycles. The zero-order valence-corrected chi connectivity index (χ0v) is 42.2. The third kappa shape index (κ3) is 20.0. The molecule has 0 radical (unpaired) electrons. The van der Waals surface area contributed by atoms with Crippen LogP contribution in [0.4, 0.5) is 0 Å². The fraction of sp³-hybridized carbons (Fsp3) is 0.750. The number of benzene rings is 2. The summed E-state index contributed by atoms with van der Waals surface area (Å²) in [5.74, 6) is 2.20. The molecule has 53 heavy (non-hydrogen) atoms. The normalized spacial score (nSPS) is 12.1. The van der Waals surface area contributed by atoms with Crippen molar-refractivity contribution in [3.63, 3.8) is 0 Å². The number of aryl methyl sites for hydroxylation is 2. The zero-order valence-electron chi connectivity index (χ0n) is 36.5. The molecule has 0 atom stereocenters. The molecule has 0 saturated carbocycles. The van der Waals surface area contributed by atoms with Gasteiger partial charge in [0.05, 0.1) is 0 Å². The predicted molar refractivity (Wildman–Crippen MR) is 238 cm³/mol. The van der Waals surface area contributed by atoms with Crippen LogP contribution in [-0.2, 0) is 1.41 Å². The molecule has 0 bridgehead atoms. The minimum atomic E-state index is -3.81. The Morgan fingerprint density at radius 3 is 0.906 bits per heavy atom. The first-order valence-corrected chi connectivity index (χ1v) is 35.7. The first kappa shape index (κ1) is 48.7. The Morgan fingerprint density at radius 2 is 0.623 bits per heavy atom. The van der Waals surface area contributed by atoms with E-state index in [0.29, 0.717) is 0 Å². The molecule has 0 N–H and O–H groups in total. The van der Waals surface area contributed by atoms with E-state index < -0.39 is 38.4 Å². The first-order chi connectivity index (χ1) is 25.7. The molecule has 0 aliphatic carbocycles. The van der Waals surface area contributed by atoms with Gasteiger partial charge in [0.1, 0.15) is 0 Å². The van der Waals surface area contributed by atoms with E-state index in [4.69, 9.17) is 7.56 Å². The molecule has 0 aliphatic rings. The van der Waals surface area contributed by atoms with Gasteiger partial charge in [-0.15, -0.1) is 0 Å². The minimum absolute atomic E-state index is 1.10. The van der Waals surface area contributed by atoms with E-state index in [1.807, 2.05) is 0 Å². The zero-order chi connectivity index (χ0) is 38.6. The molecule has 2 rings (SSSR count). The van der Waals surface area contributed by atoms with Crippen molar-refractivity contribution < 1.29 is 7.56 Å². The van der Waals surface area contributed by atoms with Crippen molar-refractivity contribution in [2.24, 2.45) is 0 Å². The van der Waals surface area contributed by atoms with Crippen molar-refractivity contribution in [1.82, 2.24) is 0 Å². The Hall–Kier alpha value is -0.403. The molecule has 304 valence electrons. The Kier molecular flexibility index (Phi) is 27.4. The standard InChI is InChI=1S/2C8H10O.4C8H17.O.2Sn/c2*1-6-4-3-5-8(9)7(6)2;4*1-3-5-7-8-6-4-2;;;/h2*3-5,9H,1-2H3;4*1,3-8H2,2H3;;;/q;;;;;;;2*+1/p-2. The van der Waals surface area contributed by atoms with Gasteiger partial charge in [0.25, 0.3) is 0 Å². The van der Waals surface area contributed by atoms with E-state index in [-0.39, 0.29) is 0 Å². The average molecular weight is 949 g/mol. The van der Waals surface area contributed by atoms with Crippen molar-refractivity contribution in [1.29, 1.82) is 0 Å². The Balaban J connectivity index is 2.64. The molecule has 2 aromatic carbocycles. The molecule has 0 amide bonds. The Bertz CT molecular complexity index is 1070. The summed E-state index contributed by atoms with van der Waals surface area (Å²) in [6.07, 6.45) is 31.4. The molecule has 0 heterocycles. The second-order valence-electron chi connectivity index (χ2n) is 16.6. The van der Waals surface area contributed by atoms with Gasteiger partial charge in [-0.25, -0.2) is 0 Å². The van der Waals surface area contributed by atoms with Crippen LogP contribution in [-0.4, -0.2) is 38.4 Å². The van der Waals surface area contributed by atoms with Crippen LogP contribution < -0.4 is 6.15 Å². The second kappa shape index (κ2) is 29.8. The number of unbranched alkanes of at least 4 members (excludes halogenated alkanes) is 20. The van der Waals surface area contributed by atoms with Crippen LogP contribution >= 0.6 is 0 Å². The molecular weight excluding hydrogens is 862 g/mol. The van der Waals surface area contributed by atoms with Crippen molar-refractivity contribution >= 4 is 38.4 Å². The van der Waals surface area contributed by atoms with Crippen LogP contribution in [0.15, 0.2) is 36.4 Å². The third-order valence-corrected chi connectivity index (χ3v) is 44.2. The van der Waals surface area contributed by atoms with E-state index in [2.05, 4.69) is 91.8 Å². The van der Waals surface area contributed by atoms with Crippen LogP contribution in [0.25, 0.3) is 0 Å². The summed E-state index contributed by atoms with van der Waals surface area (Å²) in [4.78, 5) is 0. The molecule has 2 aromatic rings. The summed E-state index contributed by atoms with van der Waals surface area (Å²) < 4.78 is 28.3. The number of rotatable bonds is 34. The summed E-state index contributed by atoms with van der Waals surface area (Å²) in [7, 11) is 0. The summed E-state index contributed by atoms with van der Waals surface area (Å²) in [5, 5.41) is 0. The SMILES string of the molecule is CCCCCCC[CH2][Sn]([CH2]CCCCCCC)([O]c1cccc(C)c1C)[O][Sn]([CH2]CCCCCCC)([CH2]CCCCCCC)[O]c1cccc(C)c1C. The molecule has 0 fully saturated rings. The summed E-state index contributed by atoms with van der Waals surface area (Å²) in [5.41, 5.74) is 5.24. The van der Waals surface area contributed by atoms with Gasteiger partial charge in [0.2, 0.25) is 0 Å².